The van der Waals surface area contributed by atoms with Crippen LogP contribution in [-0.2, 0) is 0 Å². The van der Waals surface area contributed by atoms with Crippen LogP contribution in [0.3, 0.4) is 0 Å². The molecule has 3 aromatic rings. The monoisotopic (exact) mass is 320 g/mol. The molecule has 0 aliphatic heterocycles. The Morgan fingerprint density at radius 3 is 1.92 bits per heavy atom. The lowest BCUT2D eigenvalue weighted by Crippen LogP contribution is -1.93. The Morgan fingerprint density at radius 2 is 1.25 bits per heavy atom. The third-order valence-corrected chi connectivity index (χ3v) is 4.61. The second-order valence-electron chi connectivity index (χ2n) is 6.05. The summed E-state index contributed by atoms with van der Waals surface area (Å²) in [6.45, 7) is 5.35. The van der Waals surface area contributed by atoms with Crippen LogP contribution >= 0.6 is 0 Å². The van der Waals surface area contributed by atoms with Gasteiger partial charge < -0.3 is 15.3 Å². The average molecular weight is 320 g/mol. The first-order valence-electron chi connectivity index (χ1n) is 7.82. The molecule has 0 heterocycles. The van der Waals surface area contributed by atoms with Gasteiger partial charge in [0, 0.05) is 16.7 Å². The Balaban J connectivity index is 2.26. The smallest absolute Gasteiger partial charge is 0.127 e. The molecule has 3 aromatic carbocycles. The Bertz CT molecular complexity index is 883. The molecule has 0 amide bonds. The van der Waals surface area contributed by atoms with Crippen LogP contribution in [0.2, 0.25) is 0 Å². The SMILES string of the molecule is Cc1c(C)c(O)c(-c2ccc(O)c(-c3ccccc3)c2)c(C)c1O. The maximum Gasteiger partial charge on any atom is 0.127 e. The van der Waals surface area contributed by atoms with Gasteiger partial charge in [-0.05, 0) is 55.2 Å². The summed E-state index contributed by atoms with van der Waals surface area (Å²) in [5, 5.41) is 31.1. The van der Waals surface area contributed by atoms with Crippen LogP contribution < -0.4 is 0 Å². The van der Waals surface area contributed by atoms with Crippen molar-refractivity contribution in [1.82, 2.24) is 0 Å². The molecule has 0 atom stereocenters. The summed E-state index contributed by atoms with van der Waals surface area (Å²) in [6.07, 6.45) is 0. The number of aromatic hydroxyl groups is 3. The second kappa shape index (κ2) is 5.93. The third-order valence-electron chi connectivity index (χ3n) is 4.61. The highest BCUT2D eigenvalue weighted by molar-refractivity contribution is 5.83. The van der Waals surface area contributed by atoms with E-state index in [0.717, 1.165) is 11.1 Å². The quantitative estimate of drug-likeness (QED) is 0.578. The first kappa shape index (κ1) is 15.9. The van der Waals surface area contributed by atoms with Gasteiger partial charge in [-0.2, -0.15) is 0 Å². The molecule has 3 nitrogen and oxygen atoms in total. The van der Waals surface area contributed by atoms with E-state index >= 15 is 0 Å². The summed E-state index contributed by atoms with van der Waals surface area (Å²) in [4.78, 5) is 0. The molecule has 3 N–H and O–H groups in total. The average Bonchev–Trinajstić information content (AvgIpc) is 2.60. The fourth-order valence-electron chi connectivity index (χ4n) is 3.01. The Kier molecular flexibility index (Phi) is 3.94. The van der Waals surface area contributed by atoms with Gasteiger partial charge in [0.05, 0.1) is 0 Å². The van der Waals surface area contributed by atoms with Crippen molar-refractivity contribution in [2.24, 2.45) is 0 Å². The van der Waals surface area contributed by atoms with Crippen molar-refractivity contribution in [3.05, 3.63) is 65.2 Å². The van der Waals surface area contributed by atoms with Gasteiger partial charge in [0.15, 0.2) is 0 Å². The summed E-state index contributed by atoms with van der Waals surface area (Å²) in [5.74, 6) is 0.525. The van der Waals surface area contributed by atoms with E-state index in [0.29, 0.717) is 27.8 Å². The van der Waals surface area contributed by atoms with Crippen molar-refractivity contribution >= 4 is 0 Å². The molecule has 122 valence electrons. The molecule has 0 aromatic heterocycles. The normalized spacial score (nSPS) is 10.8. The molecule has 3 rings (SSSR count). The van der Waals surface area contributed by atoms with Crippen LogP contribution in [-0.4, -0.2) is 15.3 Å². The molecule has 0 aliphatic rings. The van der Waals surface area contributed by atoms with Gasteiger partial charge in [-0.15, -0.1) is 0 Å². The summed E-state index contributed by atoms with van der Waals surface area (Å²) in [7, 11) is 0. The number of phenols is 3. The molecule has 0 radical (unpaired) electrons. The molecule has 24 heavy (non-hydrogen) atoms. The van der Waals surface area contributed by atoms with Crippen LogP contribution in [0.15, 0.2) is 48.5 Å². The van der Waals surface area contributed by atoms with Gasteiger partial charge in [-0.3, -0.25) is 0 Å². The molecule has 0 saturated carbocycles. The van der Waals surface area contributed by atoms with Crippen molar-refractivity contribution in [3.8, 4) is 39.5 Å². The zero-order valence-electron chi connectivity index (χ0n) is 14.0. The van der Waals surface area contributed by atoms with Crippen LogP contribution in [0, 0.1) is 20.8 Å². The predicted octanol–water partition coefficient (Wildman–Crippen LogP) is 5.06. The Hall–Kier alpha value is -2.94. The first-order valence-corrected chi connectivity index (χ1v) is 7.82. The van der Waals surface area contributed by atoms with Crippen LogP contribution in [0.25, 0.3) is 22.3 Å². The lowest BCUT2D eigenvalue weighted by Gasteiger charge is -2.17. The Morgan fingerprint density at radius 1 is 0.625 bits per heavy atom. The van der Waals surface area contributed by atoms with Crippen LogP contribution in [0.5, 0.6) is 17.2 Å². The van der Waals surface area contributed by atoms with E-state index in [-0.39, 0.29) is 17.2 Å². The summed E-state index contributed by atoms with van der Waals surface area (Å²) in [6, 6.07) is 14.8. The van der Waals surface area contributed by atoms with Gasteiger partial charge in [0.1, 0.15) is 17.2 Å². The number of hydrogen-bond acceptors (Lipinski definition) is 3. The molecule has 0 spiro atoms. The lowest BCUT2D eigenvalue weighted by molar-refractivity contribution is 0.451. The number of hydrogen-bond donors (Lipinski definition) is 3. The van der Waals surface area contributed by atoms with Crippen molar-refractivity contribution in [3.63, 3.8) is 0 Å². The molecule has 0 aliphatic carbocycles. The van der Waals surface area contributed by atoms with Crippen molar-refractivity contribution in [1.29, 1.82) is 0 Å². The predicted molar refractivity (Wildman–Crippen MR) is 96.5 cm³/mol. The number of rotatable bonds is 2. The molecule has 0 fully saturated rings. The van der Waals surface area contributed by atoms with Crippen molar-refractivity contribution in [2.75, 3.05) is 0 Å². The summed E-state index contributed by atoms with van der Waals surface area (Å²) in [5.41, 5.74) is 4.87. The molecule has 0 saturated heterocycles. The molecular weight excluding hydrogens is 300 g/mol. The highest BCUT2D eigenvalue weighted by atomic mass is 16.3. The molecule has 3 heteroatoms. The highest BCUT2D eigenvalue weighted by Gasteiger charge is 2.19. The minimum absolute atomic E-state index is 0.160. The van der Waals surface area contributed by atoms with Crippen molar-refractivity contribution in [2.45, 2.75) is 20.8 Å². The lowest BCUT2D eigenvalue weighted by atomic mass is 9.91. The van der Waals surface area contributed by atoms with Gasteiger partial charge >= 0.3 is 0 Å². The van der Waals surface area contributed by atoms with E-state index in [1.165, 1.54) is 0 Å². The zero-order valence-corrected chi connectivity index (χ0v) is 14.0. The largest absolute Gasteiger partial charge is 0.507 e. The minimum atomic E-state index is 0.160. The summed E-state index contributed by atoms with van der Waals surface area (Å²) >= 11 is 0. The number of benzene rings is 3. The summed E-state index contributed by atoms with van der Waals surface area (Å²) < 4.78 is 0. The second-order valence-corrected chi connectivity index (χ2v) is 6.05. The maximum absolute atomic E-state index is 10.6. The van der Waals surface area contributed by atoms with Crippen molar-refractivity contribution < 1.29 is 15.3 Å². The highest BCUT2D eigenvalue weighted by Crippen LogP contribution is 2.44. The zero-order chi connectivity index (χ0) is 17.4. The first-order chi connectivity index (χ1) is 11.4. The molecular formula is C21H20O3. The minimum Gasteiger partial charge on any atom is -0.507 e. The van der Waals surface area contributed by atoms with E-state index in [1.807, 2.05) is 36.4 Å². The standard InChI is InChI=1S/C21H20O3/c1-12-13(2)21(24)19(14(3)20(12)23)16-9-10-18(22)17(11-16)15-7-5-4-6-8-15/h4-11,22-24H,1-3H3. The van der Waals surface area contributed by atoms with E-state index < -0.39 is 0 Å². The topological polar surface area (TPSA) is 60.7 Å². The maximum atomic E-state index is 10.6. The van der Waals surface area contributed by atoms with E-state index in [2.05, 4.69) is 0 Å². The van der Waals surface area contributed by atoms with Crippen LogP contribution in [0.1, 0.15) is 16.7 Å². The third kappa shape index (κ3) is 2.48. The fraction of sp³-hybridized carbons (Fsp3) is 0.143. The van der Waals surface area contributed by atoms with E-state index in [9.17, 15) is 15.3 Å². The molecule has 0 unspecified atom stereocenters. The van der Waals surface area contributed by atoms with Gasteiger partial charge in [-0.1, -0.05) is 36.4 Å². The van der Waals surface area contributed by atoms with Gasteiger partial charge in [0.2, 0.25) is 0 Å². The molecule has 0 bridgehead atoms. The van der Waals surface area contributed by atoms with Gasteiger partial charge in [-0.25, -0.2) is 0 Å². The number of phenolic OH excluding ortho intramolecular Hbond substituents is 3. The van der Waals surface area contributed by atoms with E-state index in [1.54, 1.807) is 32.9 Å². The Labute approximate surface area is 141 Å². The van der Waals surface area contributed by atoms with Gasteiger partial charge in [0.25, 0.3) is 0 Å². The van der Waals surface area contributed by atoms with E-state index in [4.69, 9.17) is 0 Å². The fourth-order valence-corrected chi connectivity index (χ4v) is 3.01. The van der Waals surface area contributed by atoms with Crippen LogP contribution in [0.4, 0.5) is 0 Å².